The number of methoxy groups -OCH3 is 1. The van der Waals surface area contributed by atoms with Gasteiger partial charge in [0.05, 0.1) is 17.7 Å². The minimum absolute atomic E-state index is 0.127. The van der Waals surface area contributed by atoms with E-state index in [1.807, 2.05) is 41.8 Å². The Hall–Kier alpha value is -4.41. The van der Waals surface area contributed by atoms with Crippen molar-refractivity contribution in [1.29, 1.82) is 0 Å². The average Bonchev–Trinajstić information content (AvgIpc) is 3.25. The molecule has 0 bridgehead atoms. The van der Waals surface area contributed by atoms with Gasteiger partial charge in [-0.05, 0) is 36.8 Å². The number of benzene rings is 1. The van der Waals surface area contributed by atoms with E-state index < -0.39 is 4.92 Å². The van der Waals surface area contributed by atoms with E-state index in [0.29, 0.717) is 24.9 Å². The lowest BCUT2D eigenvalue weighted by Gasteiger charge is -2.13. The summed E-state index contributed by atoms with van der Waals surface area (Å²) in [5, 5.41) is 17.2. The Balaban J connectivity index is 1.49. The lowest BCUT2D eigenvalue weighted by Crippen LogP contribution is -2.17. The number of hydrogen-bond donors (Lipinski definition) is 3. The summed E-state index contributed by atoms with van der Waals surface area (Å²) in [6.45, 7) is 3.02. The summed E-state index contributed by atoms with van der Waals surface area (Å²) in [5.74, 6) is 1.76. The second kappa shape index (κ2) is 8.76. The monoisotopic (exact) mass is 434 g/mol. The molecule has 3 aromatic heterocycles. The molecule has 0 atom stereocenters. The van der Waals surface area contributed by atoms with E-state index in [1.165, 1.54) is 12.1 Å². The Bertz CT molecular complexity index is 1290. The zero-order chi connectivity index (χ0) is 22.7. The van der Waals surface area contributed by atoms with Crippen molar-refractivity contribution in [3.05, 3.63) is 64.5 Å². The van der Waals surface area contributed by atoms with Crippen molar-refractivity contribution in [2.24, 2.45) is 0 Å². The van der Waals surface area contributed by atoms with Gasteiger partial charge in [0, 0.05) is 43.2 Å². The average molecular weight is 434 g/mol. The summed E-state index contributed by atoms with van der Waals surface area (Å²) in [5.41, 5.74) is 9.01. The highest BCUT2D eigenvalue weighted by molar-refractivity contribution is 5.69. The van der Waals surface area contributed by atoms with Crippen molar-refractivity contribution in [3.8, 4) is 17.0 Å². The fourth-order valence-electron chi connectivity index (χ4n) is 3.32. The highest BCUT2D eigenvalue weighted by Gasteiger charge is 2.13. The maximum absolute atomic E-state index is 10.9. The van der Waals surface area contributed by atoms with E-state index in [2.05, 4.69) is 20.6 Å². The van der Waals surface area contributed by atoms with Gasteiger partial charge in [0.25, 0.3) is 0 Å². The third-order valence-electron chi connectivity index (χ3n) is 4.91. The van der Waals surface area contributed by atoms with Gasteiger partial charge in [0.2, 0.25) is 11.8 Å². The molecule has 0 aliphatic heterocycles. The molecule has 0 aliphatic carbocycles. The number of aryl methyl sites for hydroxylation is 1. The maximum Gasteiger partial charge on any atom is 0.311 e. The Morgan fingerprint density at radius 2 is 1.97 bits per heavy atom. The predicted molar refractivity (Wildman–Crippen MR) is 122 cm³/mol. The molecule has 0 fully saturated rings. The normalized spacial score (nSPS) is 10.8. The number of nitrogens with one attached hydrogen (secondary N) is 2. The standard InChI is InChI=1S/C21H22N8O3/c1-13-11-14(32-2)3-4-15(13)16-12-19-24-9-10-28(19)21(26-16)25-8-7-23-18-6-5-17(29(30)31)20(22)27-18/h3-6,9-12H,7-8H2,1-2H3,(H,25,26)(H3,22,23,27). The van der Waals surface area contributed by atoms with Gasteiger partial charge in [0.15, 0.2) is 0 Å². The molecule has 1 aromatic carbocycles. The molecule has 0 aliphatic rings. The molecule has 3 heterocycles. The molecular weight excluding hydrogens is 412 g/mol. The molecule has 0 amide bonds. The van der Waals surface area contributed by atoms with Crippen molar-refractivity contribution in [3.63, 3.8) is 0 Å². The number of ether oxygens (including phenoxy) is 1. The van der Waals surface area contributed by atoms with E-state index in [1.54, 1.807) is 13.3 Å². The second-order valence-corrected chi connectivity index (χ2v) is 7.01. The van der Waals surface area contributed by atoms with Crippen LogP contribution in [0.2, 0.25) is 0 Å². The summed E-state index contributed by atoms with van der Waals surface area (Å²) in [4.78, 5) is 23.5. The first kappa shape index (κ1) is 20.8. The Morgan fingerprint density at radius 3 is 2.69 bits per heavy atom. The number of nitrogen functional groups attached to an aromatic ring is 1. The molecule has 4 N–H and O–H groups in total. The van der Waals surface area contributed by atoms with Gasteiger partial charge in [-0.25, -0.2) is 15.0 Å². The van der Waals surface area contributed by atoms with E-state index >= 15 is 0 Å². The van der Waals surface area contributed by atoms with Crippen LogP contribution in [0, 0.1) is 17.0 Å². The van der Waals surface area contributed by atoms with Gasteiger partial charge in [-0.3, -0.25) is 14.5 Å². The van der Waals surface area contributed by atoms with E-state index in [9.17, 15) is 10.1 Å². The fourth-order valence-corrected chi connectivity index (χ4v) is 3.32. The topological polar surface area (TPSA) is 146 Å². The quantitative estimate of drug-likeness (QED) is 0.216. The molecule has 0 saturated carbocycles. The molecule has 164 valence electrons. The largest absolute Gasteiger partial charge is 0.497 e. The van der Waals surface area contributed by atoms with Gasteiger partial charge in [-0.2, -0.15) is 0 Å². The summed E-state index contributed by atoms with van der Waals surface area (Å²) in [6, 6.07) is 10.6. The number of nitro groups is 1. The van der Waals surface area contributed by atoms with Crippen molar-refractivity contribution < 1.29 is 9.66 Å². The van der Waals surface area contributed by atoms with Gasteiger partial charge >= 0.3 is 5.69 Å². The highest BCUT2D eigenvalue weighted by atomic mass is 16.6. The molecule has 4 aromatic rings. The van der Waals surface area contributed by atoms with Gasteiger partial charge in [0.1, 0.15) is 17.2 Å². The third-order valence-corrected chi connectivity index (χ3v) is 4.91. The molecule has 0 saturated heterocycles. The Labute approximate surface area is 183 Å². The maximum atomic E-state index is 10.9. The highest BCUT2D eigenvalue weighted by Crippen LogP contribution is 2.27. The predicted octanol–water partition coefficient (Wildman–Crippen LogP) is 3.12. The van der Waals surface area contributed by atoms with Crippen LogP contribution < -0.4 is 21.1 Å². The van der Waals surface area contributed by atoms with Crippen LogP contribution in [0.5, 0.6) is 5.75 Å². The number of pyridine rings is 1. The van der Waals surface area contributed by atoms with Gasteiger partial charge in [-0.15, -0.1) is 0 Å². The molecule has 4 rings (SSSR count). The van der Waals surface area contributed by atoms with Crippen LogP contribution in [-0.4, -0.2) is 44.5 Å². The molecular formula is C21H22N8O3. The summed E-state index contributed by atoms with van der Waals surface area (Å²) in [7, 11) is 1.64. The number of fused-ring (bicyclic) bond motifs is 1. The number of rotatable bonds is 8. The van der Waals surface area contributed by atoms with E-state index in [-0.39, 0.29) is 11.5 Å². The van der Waals surface area contributed by atoms with Crippen LogP contribution in [0.3, 0.4) is 0 Å². The van der Waals surface area contributed by atoms with Crippen LogP contribution in [0.15, 0.2) is 48.8 Å². The minimum Gasteiger partial charge on any atom is -0.497 e. The molecule has 0 radical (unpaired) electrons. The number of nitrogens with zero attached hydrogens (tertiary/aromatic N) is 5. The fraction of sp³-hybridized carbons (Fsp3) is 0.190. The first-order valence-electron chi connectivity index (χ1n) is 9.84. The van der Waals surface area contributed by atoms with Crippen molar-refractivity contribution >= 4 is 28.9 Å². The van der Waals surface area contributed by atoms with Gasteiger partial charge < -0.3 is 21.1 Å². The van der Waals surface area contributed by atoms with Crippen LogP contribution >= 0.6 is 0 Å². The molecule has 11 nitrogen and oxygen atoms in total. The first-order chi connectivity index (χ1) is 15.5. The second-order valence-electron chi connectivity index (χ2n) is 7.01. The molecule has 11 heteroatoms. The zero-order valence-corrected chi connectivity index (χ0v) is 17.6. The first-order valence-corrected chi connectivity index (χ1v) is 9.84. The Morgan fingerprint density at radius 1 is 1.16 bits per heavy atom. The minimum atomic E-state index is -0.562. The number of nitrogens with two attached hydrogens (primary N) is 1. The number of aromatic nitrogens is 4. The number of hydrogen-bond acceptors (Lipinski definition) is 9. The lowest BCUT2D eigenvalue weighted by atomic mass is 10.1. The smallest absolute Gasteiger partial charge is 0.311 e. The van der Waals surface area contributed by atoms with Crippen LogP contribution in [0.4, 0.5) is 23.3 Å². The summed E-state index contributed by atoms with van der Waals surface area (Å²) < 4.78 is 7.16. The SMILES string of the molecule is COc1ccc(-c2cc3nccn3c(NCCNc3ccc([N+](=O)[O-])c(N)n3)n2)c(C)c1. The Kier molecular flexibility index (Phi) is 5.71. The van der Waals surface area contributed by atoms with Crippen LogP contribution in [0.1, 0.15) is 5.56 Å². The van der Waals surface area contributed by atoms with E-state index in [4.69, 9.17) is 15.5 Å². The van der Waals surface area contributed by atoms with Gasteiger partial charge in [-0.1, -0.05) is 0 Å². The van der Waals surface area contributed by atoms with Crippen molar-refractivity contribution in [2.45, 2.75) is 6.92 Å². The van der Waals surface area contributed by atoms with Crippen molar-refractivity contribution in [1.82, 2.24) is 19.4 Å². The molecule has 0 unspecified atom stereocenters. The van der Waals surface area contributed by atoms with Crippen LogP contribution in [-0.2, 0) is 0 Å². The summed E-state index contributed by atoms with van der Waals surface area (Å²) >= 11 is 0. The molecule has 32 heavy (non-hydrogen) atoms. The molecule has 0 spiro atoms. The van der Waals surface area contributed by atoms with E-state index in [0.717, 1.165) is 28.2 Å². The van der Waals surface area contributed by atoms with Crippen molar-refractivity contribution in [2.75, 3.05) is 36.6 Å². The lowest BCUT2D eigenvalue weighted by molar-refractivity contribution is -0.384. The number of anilines is 3. The third kappa shape index (κ3) is 4.21. The number of imidazole rings is 1. The van der Waals surface area contributed by atoms with Crippen LogP contribution in [0.25, 0.3) is 16.9 Å². The summed E-state index contributed by atoms with van der Waals surface area (Å²) in [6.07, 6.45) is 3.55. The zero-order valence-electron chi connectivity index (χ0n) is 17.6.